The molecule has 1 atom stereocenters. The fourth-order valence-corrected chi connectivity index (χ4v) is 7.19. The van der Waals surface area contributed by atoms with Gasteiger partial charge in [-0.25, -0.2) is 19.2 Å². The number of benzene rings is 3. The SMILES string of the molecule is C[C@H](NC(=O)OCC1c2ccccc2-c2ccccc21)c1nc2cccc(Cl)c2c(=O)n1N1CCN(C(=O)OC(C)(C)C)C2(CC2)C1. The first kappa shape index (κ1) is 31.1. The molecule has 47 heavy (non-hydrogen) atoms. The number of aromatic nitrogens is 2. The first-order valence-electron chi connectivity index (χ1n) is 16.0. The standard InChI is InChI=1S/C36H38ClN5O5/c1-22(38-33(44)46-20-27-25-12-7-5-10-23(25)24-11-6-8-13-26(24)27)31-39-29-15-9-14-28(37)30(29)32(43)42(31)40-18-19-41(36(21-40)16-17-36)34(45)47-35(2,3)4/h5-15,22,27H,16-21H2,1-4H3,(H,38,44)/t22-/m0/s1. The highest BCUT2D eigenvalue weighted by atomic mass is 35.5. The van der Waals surface area contributed by atoms with Crippen molar-refractivity contribution in [2.24, 2.45) is 0 Å². The zero-order valence-electron chi connectivity index (χ0n) is 27.0. The number of carbonyl (C=O) groups is 2. The summed E-state index contributed by atoms with van der Waals surface area (Å²) in [6.45, 7) is 8.63. The van der Waals surface area contributed by atoms with Gasteiger partial charge in [0.25, 0.3) is 5.56 Å². The maximum absolute atomic E-state index is 14.2. The molecule has 7 rings (SSSR count). The molecule has 1 N–H and O–H groups in total. The number of halogens is 1. The molecular formula is C36H38ClN5O5. The predicted molar refractivity (Wildman–Crippen MR) is 180 cm³/mol. The van der Waals surface area contributed by atoms with Crippen molar-refractivity contribution >= 4 is 34.7 Å². The number of rotatable bonds is 5. The number of alkyl carbamates (subject to hydrolysis) is 1. The summed E-state index contributed by atoms with van der Waals surface area (Å²) in [6.07, 6.45) is 0.622. The third kappa shape index (κ3) is 5.69. The summed E-state index contributed by atoms with van der Waals surface area (Å²) in [5, 5.41) is 5.42. The Morgan fingerprint density at radius 2 is 1.66 bits per heavy atom. The quantitative estimate of drug-likeness (QED) is 0.266. The Hall–Kier alpha value is -4.57. The molecule has 1 aliphatic heterocycles. The molecule has 0 radical (unpaired) electrons. The van der Waals surface area contributed by atoms with E-state index in [0.29, 0.717) is 41.4 Å². The highest BCUT2D eigenvalue weighted by molar-refractivity contribution is 6.35. The molecule has 2 amide bonds. The highest BCUT2D eigenvalue weighted by Crippen LogP contribution is 2.45. The minimum absolute atomic E-state index is 0.0847. The van der Waals surface area contributed by atoms with Gasteiger partial charge < -0.3 is 19.8 Å². The van der Waals surface area contributed by atoms with Crippen LogP contribution in [-0.2, 0) is 9.47 Å². The van der Waals surface area contributed by atoms with Crippen molar-refractivity contribution in [1.82, 2.24) is 19.9 Å². The van der Waals surface area contributed by atoms with Gasteiger partial charge in [-0.1, -0.05) is 66.2 Å². The second-order valence-corrected chi connectivity index (χ2v) is 14.1. The zero-order chi connectivity index (χ0) is 33.1. The Morgan fingerprint density at radius 3 is 2.30 bits per heavy atom. The monoisotopic (exact) mass is 655 g/mol. The fraction of sp³-hybridized carbons (Fsp3) is 0.389. The van der Waals surface area contributed by atoms with Gasteiger partial charge in [0.2, 0.25) is 0 Å². The van der Waals surface area contributed by atoms with Gasteiger partial charge in [-0.2, -0.15) is 0 Å². The van der Waals surface area contributed by atoms with Gasteiger partial charge >= 0.3 is 12.2 Å². The molecule has 2 fully saturated rings. The average molecular weight is 656 g/mol. The molecule has 10 nitrogen and oxygen atoms in total. The minimum Gasteiger partial charge on any atom is -0.449 e. The van der Waals surface area contributed by atoms with Gasteiger partial charge in [0, 0.05) is 12.5 Å². The van der Waals surface area contributed by atoms with Crippen molar-refractivity contribution in [3.05, 3.63) is 99.1 Å². The minimum atomic E-state index is -0.694. The van der Waals surface area contributed by atoms with E-state index < -0.39 is 23.3 Å². The third-order valence-electron chi connectivity index (χ3n) is 9.27. The van der Waals surface area contributed by atoms with E-state index in [2.05, 4.69) is 29.6 Å². The van der Waals surface area contributed by atoms with Gasteiger partial charge in [-0.15, -0.1) is 0 Å². The van der Waals surface area contributed by atoms with Gasteiger partial charge in [0.05, 0.1) is 40.6 Å². The van der Waals surface area contributed by atoms with E-state index in [1.165, 1.54) is 4.68 Å². The predicted octanol–water partition coefficient (Wildman–Crippen LogP) is 6.37. The van der Waals surface area contributed by atoms with Crippen molar-refractivity contribution in [3.8, 4) is 11.1 Å². The molecule has 1 saturated heterocycles. The summed E-state index contributed by atoms with van der Waals surface area (Å²) < 4.78 is 13.0. The van der Waals surface area contributed by atoms with Gasteiger partial charge in [0.1, 0.15) is 12.2 Å². The molecule has 0 bridgehead atoms. The summed E-state index contributed by atoms with van der Waals surface area (Å²) in [4.78, 5) is 47.2. The normalized spacial score (nSPS) is 17.3. The lowest BCUT2D eigenvalue weighted by molar-refractivity contribution is 0.00888. The van der Waals surface area contributed by atoms with E-state index >= 15 is 0 Å². The molecule has 3 aliphatic rings. The summed E-state index contributed by atoms with van der Waals surface area (Å²) in [6, 6.07) is 20.8. The van der Waals surface area contributed by atoms with E-state index in [-0.39, 0.29) is 24.2 Å². The molecule has 1 saturated carbocycles. The Morgan fingerprint density at radius 1 is 1.00 bits per heavy atom. The lowest BCUT2D eigenvalue weighted by Gasteiger charge is -2.44. The fourth-order valence-electron chi connectivity index (χ4n) is 6.94. The zero-order valence-corrected chi connectivity index (χ0v) is 27.7. The molecule has 3 aromatic carbocycles. The van der Waals surface area contributed by atoms with Crippen LogP contribution in [0.5, 0.6) is 0 Å². The lowest BCUT2D eigenvalue weighted by Crippen LogP contribution is -2.62. The number of piperazine rings is 1. The summed E-state index contributed by atoms with van der Waals surface area (Å²) in [7, 11) is 0. The van der Waals surface area contributed by atoms with E-state index in [1.807, 2.05) is 50.0 Å². The molecule has 4 aromatic rings. The van der Waals surface area contributed by atoms with Crippen LogP contribution in [0.1, 0.15) is 69.4 Å². The number of hydrogen-bond acceptors (Lipinski definition) is 7. The lowest BCUT2D eigenvalue weighted by atomic mass is 9.98. The van der Waals surface area contributed by atoms with Crippen LogP contribution in [0, 0.1) is 0 Å². The Kier molecular flexibility index (Phi) is 7.66. The number of nitrogens with zero attached hydrogens (tertiary/aromatic N) is 4. The van der Waals surface area contributed by atoms with Crippen LogP contribution in [0.15, 0.2) is 71.5 Å². The summed E-state index contributed by atoms with van der Waals surface area (Å²) in [5.74, 6) is 0.262. The van der Waals surface area contributed by atoms with Crippen LogP contribution in [0.2, 0.25) is 5.02 Å². The molecule has 1 spiro atoms. The van der Waals surface area contributed by atoms with Crippen molar-refractivity contribution in [2.45, 2.75) is 63.6 Å². The number of fused-ring (bicyclic) bond motifs is 4. The molecule has 1 aromatic heterocycles. The second kappa shape index (κ2) is 11.6. The number of hydrogen-bond donors (Lipinski definition) is 1. The van der Waals surface area contributed by atoms with Gasteiger partial charge in [0.15, 0.2) is 5.82 Å². The highest BCUT2D eigenvalue weighted by Gasteiger charge is 2.55. The number of nitrogens with one attached hydrogen (secondary N) is 1. The number of amides is 2. The summed E-state index contributed by atoms with van der Waals surface area (Å²) >= 11 is 6.53. The van der Waals surface area contributed by atoms with Crippen molar-refractivity contribution in [2.75, 3.05) is 31.3 Å². The molecule has 0 unspecified atom stereocenters. The Bertz CT molecular complexity index is 1900. The number of ether oxygens (including phenoxy) is 2. The van der Waals surface area contributed by atoms with Crippen LogP contribution in [0.3, 0.4) is 0 Å². The van der Waals surface area contributed by atoms with E-state index in [9.17, 15) is 14.4 Å². The molecule has 2 heterocycles. The molecule has 2 aliphatic carbocycles. The van der Waals surface area contributed by atoms with E-state index in [0.717, 1.165) is 35.1 Å². The van der Waals surface area contributed by atoms with Crippen LogP contribution in [0.4, 0.5) is 9.59 Å². The van der Waals surface area contributed by atoms with Crippen molar-refractivity contribution < 1.29 is 19.1 Å². The maximum atomic E-state index is 14.2. The van der Waals surface area contributed by atoms with E-state index in [4.69, 9.17) is 26.1 Å². The van der Waals surface area contributed by atoms with Gasteiger partial charge in [-0.3, -0.25) is 9.69 Å². The Labute approximate surface area is 278 Å². The molecule has 11 heteroatoms. The smallest absolute Gasteiger partial charge is 0.410 e. The molecular weight excluding hydrogens is 618 g/mol. The second-order valence-electron chi connectivity index (χ2n) is 13.7. The Balaban J connectivity index is 1.14. The molecule has 244 valence electrons. The van der Waals surface area contributed by atoms with Crippen molar-refractivity contribution in [3.63, 3.8) is 0 Å². The first-order valence-corrected chi connectivity index (χ1v) is 16.4. The van der Waals surface area contributed by atoms with Gasteiger partial charge in [-0.05, 0) is 74.9 Å². The summed E-state index contributed by atoms with van der Waals surface area (Å²) in [5.41, 5.74) is 3.57. The number of carbonyl (C=O) groups excluding carboxylic acids is 2. The van der Waals surface area contributed by atoms with Crippen LogP contribution < -0.4 is 15.9 Å². The van der Waals surface area contributed by atoms with Crippen molar-refractivity contribution in [1.29, 1.82) is 0 Å². The van der Waals surface area contributed by atoms with Crippen LogP contribution >= 0.6 is 11.6 Å². The van der Waals surface area contributed by atoms with E-state index in [1.54, 1.807) is 30.0 Å². The largest absolute Gasteiger partial charge is 0.449 e. The third-order valence-corrected chi connectivity index (χ3v) is 9.59. The van der Waals surface area contributed by atoms with Crippen LogP contribution in [0.25, 0.3) is 22.0 Å². The van der Waals surface area contributed by atoms with Crippen LogP contribution in [-0.4, -0.2) is 64.1 Å². The maximum Gasteiger partial charge on any atom is 0.410 e. The topological polar surface area (TPSA) is 106 Å². The first-order chi connectivity index (χ1) is 22.5. The average Bonchev–Trinajstić information content (AvgIpc) is 3.70.